The number of nitrogens with zero attached hydrogens (tertiary/aromatic N) is 4. The molecule has 2 aromatic carbocycles. The van der Waals surface area contributed by atoms with Gasteiger partial charge in [-0.25, -0.2) is 5.01 Å². The number of hydrazine groups is 1. The van der Waals surface area contributed by atoms with E-state index in [0.717, 1.165) is 27.8 Å². The van der Waals surface area contributed by atoms with E-state index in [1.54, 1.807) is 12.4 Å². The van der Waals surface area contributed by atoms with Crippen LogP contribution >= 0.6 is 0 Å². The van der Waals surface area contributed by atoms with Crippen molar-refractivity contribution >= 4 is 22.3 Å². The van der Waals surface area contributed by atoms with Crippen LogP contribution in [0.5, 0.6) is 0 Å². The van der Waals surface area contributed by atoms with Crippen molar-refractivity contribution in [3.05, 3.63) is 71.7 Å². The van der Waals surface area contributed by atoms with Gasteiger partial charge >= 0.3 is 0 Å². The van der Waals surface area contributed by atoms with Crippen molar-refractivity contribution < 1.29 is 0 Å². The average molecular weight is 331 g/mol. The minimum absolute atomic E-state index is 0.110. The maximum absolute atomic E-state index is 6.14. The molecular weight excluding hydrogens is 310 g/mol. The van der Waals surface area contributed by atoms with Gasteiger partial charge in [-0.1, -0.05) is 18.2 Å². The van der Waals surface area contributed by atoms with Crippen LogP contribution in [0.4, 0.5) is 5.69 Å². The lowest BCUT2D eigenvalue weighted by Gasteiger charge is -2.28. The molecule has 0 fully saturated rings. The summed E-state index contributed by atoms with van der Waals surface area (Å²) in [6, 6.07) is 12.7. The van der Waals surface area contributed by atoms with Crippen LogP contribution in [0.3, 0.4) is 0 Å². The summed E-state index contributed by atoms with van der Waals surface area (Å²) in [5.41, 5.74) is 13.4. The molecule has 0 aliphatic carbocycles. The third-order valence-corrected chi connectivity index (χ3v) is 4.91. The molecule has 3 aromatic rings. The SMILES string of the molecule is Cc1ccc(C2=CN(C)N(C)C2c2ccc3nccnc3c2)cc1N. The molecular formula is C20H21N5. The number of aryl methyl sites for hydroxylation is 1. The van der Waals surface area contributed by atoms with Crippen LogP contribution in [-0.2, 0) is 0 Å². The van der Waals surface area contributed by atoms with Crippen LogP contribution in [0.2, 0.25) is 0 Å². The van der Waals surface area contributed by atoms with Crippen molar-refractivity contribution in [3.8, 4) is 0 Å². The van der Waals surface area contributed by atoms with Crippen molar-refractivity contribution in [1.82, 2.24) is 20.0 Å². The molecule has 1 atom stereocenters. The highest BCUT2D eigenvalue weighted by Crippen LogP contribution is 2.41. The standard InChI is InChI=1S/C20H21N5/c1-13-4-5-14(10-17(13)21)16-12-24(2)25(3)20(16)15-6-7-18-19(11-15)23-9-8-22-18/h4-12,20H,21H2,1-3H3. The Bertz CT molecular complexity index is 979. The molecule has 2 heterocycles. The lowest BCUT2D eigenvalue weighted by molar-refractivity contribution is 0.0753. The van der Waals surface area contributed by atoms with Crippen molar-refractivity contribution in [3.63, 3.8) is 0 Å². The van der Waals surface area contributed by atoms with E-state index in [9.17, 15) is 0 Å². The predicted molar refractivity (Wildman–Crippen MR) is 101 cm³/mol. The fraction of sp³-hybridized carbons (Fsp3) is 0.200. The molecule has 0 bridgehead atoms. The molecule has 2 N–H and O–H groups in total. The lowest BCUT2D eigenvalue weighted by Crippen LogP contribution is -2.30. The molecule has 25 heavy (non-hydrogen) atoms. The number of anilines is 1. The molecule has 5 heteroatoms. The quantitative estimate of drug-likeness (QED) is 0.729. The van der Waals surface area contributed by atoms with Crippen LogP contribution in [-0.4, -0.2) is 34.1 Å². The molecule has 4 rings (SSSR count). The van der Waals surface area contributed by atoms with Gasteiger partial charge in [-0.15, -0.1) is 0 Å². The van der Waals surface area contributed by atoms with Gasteiger partial charge in [0.2, 0.25) is 0 Å². The first-order valence-electron chi connectivity index (χ1n) is 8.29. The van der Waals surface area contributed by atoms with Gasteiger partial charge in [0, 0.05) is 43.9 Å². The zero-order valence-electron chi connectivity index (χ0n) is 14.6. The summed E-state index contributed by atoms with van der Waals surface area (Å²) in [5.74, 6) is 0. The van der Waals surface area contributed by atoms with E-state index in [1.165, 1.54) is 11.1 Å². The van der Waals surface area contributed by atoms with Gasteiger partial charge in [0.25, 0.3) is 0 Å². The number of nitrogen functional groups attached to an aromatic ring is 1. The first-order valence-corrected chi connectivity index (χ1v) is 8.29. The van der Waals surface area contributed by atoms with Crippen LogP contribution in [0.25, 0.3) is 16.6 Å². The highest BCUT2D eigenvalue weighted by Gasteiger charge is 2.31. The van der Waals surface area contributed by atoms with E-state index in [4.69, 9.17) is 5.73 Å². The van der Waals surface area contributed by atoms with E-state index in [1.807, 2.05) is 13.0 Å². The Hall–Kier alpha value is -2.92. The fourth-order valence-corrected chi connectivity index (χ4v) is 3.34. The average Bonchev–Trinajstić information content (AvgIpc) is 2.92. The molecule has 126 valence electrons. The Balaban J connectivity index is 1.82. The van der Waals surface area contributed by atoms with Crippen LogP contribution in [0.15, 0.2) is 55.0 Å². The van der Waals surface area contributed by atoms with Gasteiger partial charge in [-0.05, 0) is 41.8 Å². The summed E-state index contributed by atoms with van der Waals surface area (Å²) in [4.78, 5) is 8.81. The summed E-state index contributed by atoms with van der Waals surface area (Å²) in [6.07, 6.45) is 5.61. The second kappa shape index (κ2) is 5.86. The molecule has 0 saturated carbocycles. The largest absolute Gasteiger partial charge is 0.398 e. The number of hydrogen-bond acceptors (Lipinski definition) is 5. The van der Waals surface area contributed by atoms with Gasteiger partial charge in [-0.3, -0.25) is 9.97 Å². The second-order valence-corrected chi connectivity index (χ2v) is 6.51. The zero-order valence-corrected chi connectivity index (χ0v) is 14.6. The Morgan fingerprint density at radius 3 is 2.48 bits per heavy atom. The molecule has 5 nitrogen and oxygen atoms in total. The number of aromatic nitrogens is 2. The van der Waals surface area contributed by atoms with Gasteiger partial charge < -0.3 is 10.7 Å². The van der Waals surface area contributed by atoms with Crippen molar-refractivity contribution in [2.24, 2.45) is 0 Å². The van der Waals surface area contributed by atoms with Crippen molar-refractivity contribution in [1.29, 1.82) is 0 Å². The molecule has 0 saturated heterocycles. The van der Waals surface area contributed by atoms with Crippen LogP contribution in [0.1, 0.15) is 22.7 Å². The summed E-state index contributed by atoms with van der Waals surface area (Å²) < 4.78 is 0. The van der Waals surface area contributed by atoms with Gasteiger partial charge in [0.05, 0.1) is 17.1 Å². The second-order valence-electron chi connectivity index (χ2n) is 6.51. The normalized spacial score (nSPS) is 18.0. The fourth-order valence-electron chi connectivity index (χ4n) is 3.34. The van der Waals surface area contributed by atoms with Crippen molar-refractivity contribution in [2.75, 3.05) is 19.8 Å². The number of hydrogen-bond donors (Lipinski definition) is 1. The Labute approximate surface area is 147 Å². The highest BCUT2D eigenvalue weighted by molar-refractivity contribution is 5.79. The number of likely N-dealkylation sites (N-methyl/N-ethyl adjacent to an activating group) is 1. The topological polar surface area (TPSA) is 58.3 Å². The predicted octanol–water partition coefficient (Wildman–Crippen LogP) is 3.39. The molecule has 0 radical (unpaired) electrons. The third kappa shape index (κ3) is 2.62. The van der Waals surface area contributed by atoms with E-state index in [2.05, 4.69) is 70.6 Å². The molecule has 1 unspecified atom stereocenters. The first kappa shape index (κ1) is 15.6. The minimum atomic E-state index is 0.110. The highest BCUT2D eigenvalue weighted by atomic mass is 15.6. The molecule has 0 spiro atoms. The zero-order chi connectivity index (χ0) is 17.6. The van der Waals surface area contributed by atoms with Gasteiger partial charge in [-0.2, -0.15) is 0 Å². The number of nitrogens with two attached hydrogens (primary N) is 1. The third-order valence-electron chi connectivity index (χ3n) is 4.91. The monoisotopic (exact) mass is 331 g/mol. The summed E-state index contributed by atoms with van der Waals surface area (Å²) >= 11 is 0. The van der Waals surface area contributed by atoms with Gasteiger partial charge in [0.1, 0.15) is 0 Å². The van der Waals surface area contributed by atoms with Crippen molar-refractivity contribution in [2.45, 2.75) is 13.0 Å². The summed E-state index contributed by atoms with van der Waals surface area (Å²) in [6.45, 7) is 2.03. The maximum atomic E-state index is 6.14. The molecule has 1 aliphatic heterocycles. The van der Waals surface area contributed by atoms with Crippen LogP contribution < -0.4 is 5.73 Å². The van der Waals surface area contributed by atoms with E-state index < -0.39 is 0 Å². The van der Waals surface area contributed by atoms with E-state index in [-0.39, 0.29) is 6.04 Å². The number of rotatable bonds is 2. The summed E-state index contributed by atoms with van der Waals surface area (Å²) in [7, 11) is 4.14. The number of fused-ring (bicyclic) bond motifs is 1. The Morgan fingerprint density at radius 2 is 1.72 bits per heavy atom. The Morgan fingerprint density at radius 1 is 0.960 bits per heavy atom. The van der Waals surface area contributed by atoms with Crippen LogP contribution in [0, 0.1) is 6.92 Å². The van der Waals surface area contributed by atoms with E-state index in [0.29, 0.717) is 0 Å². The smallest absolute Gasteiger partial charge is 0.0890 e. The van der Waals surface area contributed by atoms with Gasteiger partial charge in [0.15, 0.2) is 0 Å². The number of benzene rings is 2. The lowest BCUT2D eigenvalue weighted by atomic mass is 9.93. The summed E-state index contributed by atoms with van der Waals surface area (Å²) in [5, 5.41) is 4.32. The Kier molecular flexibility index (Phi) is 3.66. The maximum Gasteiger partial charge on any atom is 0.0890 e. The molecule has 0 amide bonds. The molecule has 1 aromatic heterocycles. The van der Waals surface area contributed by atoms with E-state index >= 15 is 0 Å². The minimum Gasteiger partial charge on any atom is -0.398 e. The first-order chi connectivity index (χ1) is 12.0. The molecule has 1 aliphatic rings.